The van der Waals surface area contributed by atoms with Crippen LogP contribution < -0.4 is 0 Å². The lowest BCUT2D eigenvalue weighted by molar-refractivity contribution is -0.141. The molecule has 0 aliphatic heterocycles. The number of fused-ring (bicyclic) bond motifs is 1. The quantitative estimate of drug-likeness (QED) is 0.743. The zero-order chi connectivity index (χ0) is 14.0. The van der Waals surface area contributed by atoms with Crippen molar-refractivity contribution in [3.8, 4) is 0 Å². The normalized spacial score (nSPS) is 14.3. The molecule has 2 aromatic rings. The van der Waals surface area contributed by atoms with Crippen LogP contribution in [-0.4, -0.2) is 32.4 Å². The summed E-state index contributed by atoms with van der Waals surface area (Å²) in [6, 6.07) is 7.01. The first-order valence-electron chi connectivity index (χ1n) is 5.61. The zero-order valence-electron chi connectivity index (χ0n) is 9.82. The highest BCUT2D eigenvalue weighted by Crippen LogP contribution is 2.30. The van der Waals surface area contributed by atoms with Crippen molar-refractivity contribution in [1.82, 2.24) is 4.98 Å². The number of aliphatic hydroxyl groups is 2. The molecule has 0 saturated carbocycles. The second-order valence-corrected chi connectivity index (χ2v) is 4.52. The maximum atomic E-state index is 10.6. The van der Waals surface area contributed by atoms with Crippen LogP contribution >= 0.6 is 11.6 Å². The summed E-state index contributed by atoms with van der Waals surface area (Å²) in [6.07, 6.45) is -1.92. The third-order valence-corrected chi connectivity index (χ3v) is 3.15. The molecule has 0 fully saturated rings. The van der Waals surface area contributed by atoms with Gasteiger partial charge < -0.3 is 15.3 Å². The molecule has 2 atom stereocenters. The average Bonchev–Trinajstić information content (AvgIpc) is 2.38. The number of rotatable bonds is 4. The molecule has 1 aromatic carbocycles. The van der Waals surface area contributed by atoms with Crippen molar-refractivity contribution >= 4 is 28.3 Å². The van der Waals surface area contributed by atoms with Crippen molar-refractivity contribution in [2.75, 3.05) is 0 Å². The molecule has 5 nitrogen and oxygen atoms in total. The van der Waals surface area contributed by atoms with Gasteiger partial charge in [-0.1, -0.05) is 35.9 Å². The van der Waals surface area contributed by atoms with E-state index in [9.17, 15) is 15.0 Å². The highest BCUT2D eigenvalue weighted by molar-refractivity contribution is 6.34. The predicted molar refractivity (Wildman–Crippen MR) is 70.0 cm³/mol. The number of hydrogen-bond acceptors (Lipinski definition) is 4. The molecule has 1 heterocycles. The van der Waals surface area contributed by atoms with Crippen LogP contribution in [0.4, 0.5) is 0 Å². The summed E-state index contributed by atoms with van der Waals surface area (Å²) < 4.78 is 0. The molecule has 0 aliphatic rings. The van der Waals surface area contributed by atoms with Gasteiger partial charge in [0.15, 0.2) is 0 Å². The maximum Gasteiger partial charge on any atom is 0.306 e. The van der Waals surface area contributed by atoms with E-state index in [0.717, 1.165) is 0 Å². The van der Waals surface area contributed by atoms with Crippen LogP contribution in [0.5, 0.6) is 0 Å². The molecular formula is C13H12ClNO4. The van der Waals surface area contributed by atoms with Crippen LogP contribution in [0.2, 0.25) is 5.15 Å². The third kappa shape index (κ3) is 2.84. The van der Waals surface area contributed by atoms with Gasteiger partial charge in [-0.05, 0) is 5.39 Å². The Bertz CT molecular complexity index is 617. The minimum absolute atomic E-state index is 0.291. The molecule has 6 heteroatoms. The van der Waals surface area contributed by atoms with E-state index in [0.29, 0.717) is 21.5 Å². The number of halogens is 1. The Labute approximate surface area is 114 Å². The van der Waals surface area contributed by atoms with Gasteiger partial charge in [-0.3, -0.25) is 4.79 Å². The first-order chi connectivity index (χ1) is 9.00. The molecule has 3 N–H and O–H groups in total. The van der Waals surface area contributed by atoms with Crippen LogP contribution in [0.3, 0.4) is 0 Å². The number of hydrogen-bond donors (Lipinski definition) is 3. The van der Waals surface area contributed by atoms with E-state index in [1.54, 1.807) is 24.3 Å². The monoisotopic (exact) mass is 281 g/mol. The molecule has 2 unspecified atom stereocenters. The SMILES string of the molecule is O=C(O)CC(O)C(O)c1cnc(Cl)c2ccccc12. The van der Waals surface area contributed by atoms with Gasteiger partial charge in [0, 0.05) is 17.1 Å². The van der Waals surface area contributed by atoms with E-state index in [-0.39, 0.29) is 0 Å². The number of aromatic nitrogens is 1. The van der Waals surface area contributed by atoms with E-state index in [1.165, 1.54) is 6.20 Å². The summed E-state index contributed by atoms with van der Waals surface area (Å²) in [6.45, 7) is 0. The number of carboxylic acid groups (broad SMARTS) is 1. The van der Waals surface area contributed by atoms with Crippen LogP contribution in [0, 0.1) is 0 Å². The molecule has 0 amide bonds. The number of aliphatic carboxylic acids is 1. The highest BCUT2D eigenvalue weighted by atomic mass is 35.5. The summed E-state index contributed by atoms with van der Waals surface area (Å²) >= 11 is 5.95. The minimum atomic E-state index is -1.40. The number of carboxylic acids is 1. The standard InChI is InChI=1S/C13H12ClNO4/c14-13-8-4-2-1-3-7(8)9(6-15-13)12(19)10(16)5-11(17)18/h1-4,6,10,12,16,19H,5H2,(H,17,18). The van der Waals surface area contributed by atoms with Gasteiger partial charge in [0.05, 0.1) is 12.5 Å². The second kappa shape index (κ2) is 5.52. The number of carbonyl (C=O) groups is 1. The Morgan fingerprint density at radius 2 is 1.89 bits per heavy atom. The van der Waals surface area contributed by atoms with Gasteiger partial charge in [0.2, 0.25) is 0 Å². The first-order valence-corrected chi connectivity index (χ1v) is 5.99. The lowest BCUT2D eigenvalue weighted by Gasteiger charge is -2.18. The second-order valence-electron chi connectivity index (χ2n) is 4.16. The van der Waals surface area contributed by atoms with E-state index in [4.69, 9.17) is 16.7 Å². The summed E-state index contributed by atoms with van der Waals surface area (Å²) in [5.41, 5.74) is 0.355. The molecular weight excluding hydrogens is 270 g/mol. The van der Waals surface area contributed by atoms with Crippen LogP contribution in [0.15, 0.2) is 30.5 Å². The van der Waals surface area contributed by atoms with Gasteiger partial charge in [-0.25, -0.2) is 4.98 Å². The molecule has 19 heavy (non-hydrogen) atoms. The lowest BCUT2D eigenvalue weighted by Crippen LogP contribution is -2.22. The van der Waals surface area contributed by atoms with Crippen LogP contribution in [0.25, 0.3) is 10.8 Å². The lowest BCUT2D eigenvalue weighted by atomic mass is 9.98. The van der Waals surface area contributed by atoms with Crippen molar-refractivity contribution in [2.45, 2.75) is 18.6 Å². The summed E-state index contributed by atoms with van der Waals surface area (Å²) in [7, 11) is 0. The largest absolute Gasteiger partial charge is 0.481 e. The van der Waals surface area contributed by atoms with E-state index in [2.05, 4.69) is 4.98 Å². The summed E-state index contributed by atoms with van der Waals surface area (Å²) in [5, 5.41) is 29.9. The van der Waals surface area contributed by atoms with Gasteiger partial charge in [-0.2, -0.15) is 0 Å². The Balaban J connectivity index is 2.45. The molecule has 0 bridgehead atoms. The van der Waals surface area contributed by atoms with Gasteiger partial charge >= 0.3 is 5.97 Å². The first kappa shape index (κ1) is 13.7. The Kier molecular flexibility index (Phi) is 3.99. The molecule has 1 aromatic heterocycles. The fraction of sp³-hybridized carbons (Fsp3) is 0.231. The number of benzene rings is 1. The highest BCUT2D eigenvalue weighted by Gasteiger charge is 2.23. The fourth-order valence-corrected chi connectivity index (χ4v) is 2.13. The van der Waals surface area contributed by atoms with Gasteiger partial charge in [0.1, 0.15) is 11.3 Å². The van der Waals surface area contributed by atoms with Crippen molar-refractivity contribution in [3.05, 3.63) is 41.2 Å². The molecule has 0 aliphatic carbocycles. The molecule has 0 radical (unpaired) electrons. The zero-order valence-corrected chi connectivity index (χ0v) is 10.6. The Hall–Kier alpha value is -1.69. The van der Waals surface area contributed by atoms with Crippen molar-refractivity contribution in [1.29, 1.82) is 0 Å². The molecule has 100 valence electrons. The molecule has 2 rings (SSSR count). The van der Waals surface area contributed by atoms with Gasteiger partial charge in [-0.15, -0.1) is 0 Å². The molecule has 0 saturated heterocycles. The minimum Gasteiger partial charge on any atom is -0.481 e. The number of pyridine rings is 1. The average molecular weight is 282 g/mol. The van der Waals surface area contributed by atoms with Crippen LogP contribution in [0.1, 0.15) is 18.1 Å². The molecule has 0 spiro atoms. The smallest absolute Gasteiger partial charge is 0.306 e. The number of nitrogens with zero attached hydrogens (tertiary/aromatic N) is 1. The van der Waals surface area contributed by atoms with Crippen molar-refractivity contribution in [2.24, 2.45) is 0 Å². The van der Waals surface area contributed by atoms with Crippen molar-refractivity contribution < 1.29 is 20.1 Å². The summed E-state index contributed by atoms with van der Waals surface area (Å²) in [5.74, 6) is -1.18. The Morgan fingerprint density at radius 3 is 2.53 bits per heavy atom. The van der Waals surface area contributed by atoms with E-state index in [1.807, 2.05) is 0 Å². The van der Waals surface area contributed by atoms with Crippen LogP contribution in [-0.2, 0) is 4.79 Å². The van der Waals surface area contributed by atoms with Gasteiger partial charge in [0.25, 0.3) is 0 Å². The number of aliphatic hydroxyl groups excluding tert-OH is 2. The predicted octanol–water partition coefficient (Wildman–Crippen LogP) is 1.76. The van der Waals surface area contributed by atoms with E-state index >= 15 is 0 Å². The summed E-state index contributed by atoms with van der Waals surface area (Å²) in [4.78, 5) is 14.5. The fourth-order valence-electron chi connectivity index (χ4n) is 1.91. The Morgan fingerprint density at radius 1 is 1.26 bits per heavy atom. The van der Waals surface area contributed by atoms with E-state index < -0.39 is 24.6 Å². The van der Waals surface area contributed by atoms with Crippen molar-refractivity contribution in [3.63, 3.8) is 0 Å². The topological polar surface area (TPSA) is 90.7 Å². The third-order valence-electron chi connectivity index (χ3n) is 2.84. The maximum absolute atomic E-state index is 10.6.